The Balaban J connectivity index is 1.38. The van der Waals surface area contributed by atoms with Crippen molar-refractivity contribution in [2.45, 2.75) is 62.7 Å². The third-order valence-electron chi connectivity index (χ3n) is 7.89. The van der Waals surface area contributed by atoms with Gasteiger partial charge in [0.2, 0.25) is 0 Å². The van der Waals surface area contributed by atoms with Gasteiger partial charge in [0.15, 0.2) is 0 Å². The van der Waals surface area contributed by atoms with Gasteiger partial charge in [-0.05, 0) is 53.3 Å². The Kier molecular flexibility index (Phi) is 6.76. The first kappa shape index (κ1) is 27.2. The monoisotopic (exact) mass is 547 g/mol. The van der Waals surface area contributed by atoms with E-state index in [1.807, 2.05) is 19.0 Å². The van der Waals surface area contributed by atoms with Crippen LogP contribution in [0.3, 0.4) is 0 Å². The highest BCUT2D eigenvalue weighted by molar-refractivity contribution is 6.02. The lowest BCUT2D eigenvalue weighted by atomic mass is 9.97. The van der Waals surface area contributed by atoms with Gasteiger partial charge in [-0.1, -0.05) is 0 Å². The Labute approximate surface area is 225 Å². The van der Waals surface area contributed by atoms with Crippen molar-refractivity contribution in [3.63, 3.8) is 0 Å². The number of H-pyrrole nitrogens is 1. The van der Waals surface area contributed by atoms with Gasteiger partial charge in [-0.25, -0.2) is 18.0 Å². The lowest BCUT2D eigenvalue weighted by molar-refractivity contribution is -0.0721. The van der Waals surface area contributed by atoms with E-state index in [0.29, 0.717) is 47.5 Å². The molecule has 0 bridgehead atoms. The fourth-order valence-electron chi connectivity index (χ4n) is 5.11. The lowest BCUT2D eigenvalue weighted by Crippen LogP contribution is -2.59. The van der Waals surface area contributed by atoms with Crippen LogP contribution in [0.25, 0.3) is 11.4 Å². The van der Waals surface area contributed by atoms with E-state index in [0.717, 1.165) is 12.8 Å². The molecule has 0 aromatic carbocycles. The first-order valence-electron chi connectivity index (χ1n) is 13.2. The molecule has 3 aliphatic rings. The number of piperidine rings is 1. The van der Waals surface area contributed by atoms with Crippen LogP contribution in [-0.4, -0.2) is 105 Å². The number of likely N-dealkylation sites (tertiary alicyclic amines) is 2. The van der Waals surface area contributed by atoms with Gasteiger partial charge >= 0.3 is 6.03 Å². The topological polar surface area (TPSA) is 116 Å². The van der Waals surface area contributed by atoms with E-state index in [9.17, 15) is 18.0 Å². The molecule has 212 valence electrons. The van der Waals surface area contributed by atoms with Gasteiger partial charge in [0.25, 0.3) is 5.92 Å². The van der Waals surface area contributed by atoms with Crippen molar-refractivity contribution in [3.05, 3.63) is 24.0 Å². The number of pyridine rings is 1. The number of hydrogen-bond donors (Lipinski definition) is 4. The molecule has 0 unspecified atom stereocenters. The number of likely N-dealkylation sites (N-methyl/N-ethyl adjacent to an activating group) is 1. The van der Waals surface area contributed by atoms with Crippen molar-refractivity contribution in [1.82, 2.24) is 29.9 Å². The van der Waals surface area contributed by atoms with Crippen LogP contribution in [0.4, 0.5) is 29.3 Å². The predicted octanol–water partition coefficient (Wildman–Crippen LogP) is 4.00. The van der Waals surface area contributed by atoms with Crippen LogP contribution >= 0.6 is 0 Å². The maximum atomic E-state index is 14.4. The molecule has 39 heavy (non-hydrogen) atoms. The van der Waals surface area contributed by atoms with Crippen LogP contribution in [0.15, 0.2) is 18.5 Å². The third kappa shape index (κ3) is 5.68. The Morgan fingerprint density at radius 3 is 2.54 bits per heavy atom. The smallest absolute Gasteiger partial charge is 0.322 e. The summed E-state index contributed by atoms with van der Waals surface area (Å²) in [6.45, 7) is 3.73. The number of nitrogens with zero attached hydrogens (tertiary/aromatic N) is 5. The van der Waals surface area contributed by atoms with Crippen LogP contribution in [0.1, 0.15) is 45.1 Å². The highest BCUT2D eigenvalue weighted by Gasteiger charge is 2.57. The van der Waals surface area contributed by atoms with Crippen LogP contribution < -0.4 is 10.6 Å². The second kappa shape index (κ2) is 9.68. The van der Waals surface area contributed by atoms with Gasteiger partial charge in [-0.2, -0.15) is 5.10 Å². The number of nitrogens with one attached hydrogen (secondary N) is 4. The molecule has 0 atom stereocenters. The van der Waals surface area contributed by atoms with Gasteiger partial charge in [-0.3, -0.25) is 15.5 Å². The predicted molar refractivity (Wildman–Crippen MR) is 143 cm³/mol. The van der Waals surface area contributed by atoms with Crippen LogP contribution in [0, 0.1) is 5.41 Å². The maximum absolute atomic E-state index is 14.4. The van der Waals surface area contributed by atoms with E-state index in [4.69, 9.17) is 5.41 Å². The highest BCUT2D eigenvalue weighted by Crippen LogP contribution is 2.51. The molecule has 4 N–H and O–H groups in total. The summed E-state index contributed by atoms with van der Waals surface area (Å²) in [6, 6.07) is 1.43. The third-order valence-corrected chi connectivity index (χ3v) is 7.89. The van der Waals surface area contributed by atoms with Crippen molar-refractivity contribution in [2.24, 2.45) is 0 Å². The number of hydrogen-bond acceptors (Lipinski definition) is 6. The average Bonchev–Trinajstić information content (AvgIpc) is 3.46. The van der Waals surface area contributed by atoms with Gasteiger partial charge < -0.3 is 25.3 Å². The SMILES string of the molecule is CN(C)C1CN(C(=N)c2cnc(-c3[nH]ncc3NC(=O)N3CC(F)(F)CCC34CC4)cc2NCC(C)(C)F)C1. The van der Waals surface area contributed by atoms with Crippen molar-refractivity contribution < 1.29 is 18.0 Å². The standard InChI is InChI=1S/C26H36F3N9O/c1-24(2,27)14-32-18-9-19(31-10-17(18)22(30)37-12-16(13-37)36(3)4)21-20(11-33-35-21)34-23(39)38-15-26(28,29)8-7-25(38)5-6-25/h9-11,16,30H,5-8,12-15H2,1-4H3,(H,31,32)(H,33,35)(H,34,39). The molecular weight excluding hydrogens is 511 g/mol. The summed E-state index contributed by atoms with van der Waals surface area (Å²) in [5.74, 6) is -2.63. The second-order valence-electron chi connectivity index (χ2n) is 11.8. The molecular formula is C26H36F3N9O. The first-order chi connectivity index (χ1) is 18.3. The zero-order valence-corrected chi connectivity index (χ0v) is 22.7. The molecule has 13 heteroatoms. The summed E-state index contributed by atoms with van der Waals surface area (Å²) in [6.07, 6.45) is 4.47. The van der Waals surface area contributed by atoms with E-state index in [1.54, 1.807) is 12.3 Å². The number of aromatic amines is 1. The molecule has 4 heterocycles. The summed E-state index contributed by atoms with van der Waals surface area (Å²) in [7, 11) is 4.00. The van der Waals surface area contributed by atoms with Gasteiger partial charge in [-0.15, -0.1) is 0 Å². The van der Waals surface area contributed by atoms with Crippen LogP contribution in [0.5, 0.6) is 0 Å². The Hall–Kier alpha value is -3.35. The molecule has 2 aromatic rings. The van der Waals surface area contributed by atoms with Gasteiger partial charge in [0, 0.05) is 49.5 Å². The highest BCUT2D eigenvalue weighted by atomic mass is 19.3. The average molecular weight is 548 g/mol. The number of halogens is 3. The van der Waals surface area contributed by atoms with E-state index >= 15 is 0 Å². The molecule has 2 aliphatic heterocycles. The number of alkyl halides is 3. The summed E-state index contributed by atoms with van der Waals surface area (Å²) in [5.41, 5.74) is 0.133. The number of urea groups is 1. The maximum Gasteiger partial charge on any atom is 0.322 e. The molecule has 2 aromatic heterocycles. The molecule has 2 saturated heterocycles. The van der Waals surface area contributed by atoms with E-state index in [-0.39, 0.29) is 25.2 Å². The summed E-state index contributed by atoms with van der Waals surface area (Å²) >= 11 is 0. The molecule has 5 rings (SSSR count). The zero-order chi connectivity index (χ0) is 28.2. The molecule has 1 spiro atoms. The van der Waals surface area contributed by atoms with Crippen molar-refractivity contribution in [1.29, 1.82) is 5.41 Å². The quantitative estimate of drug-likeness (QED) is 0.308. The lowest BCUT2D eigenvalue weighted by Gasteiger charge is -2.44. The van der Waals surface area contributed by atoms with Crippen molar-refractivity contribution in [2.75, 3.05) is 50.9 Å². The molecule has 10 nitrogen and oxygen atoms in total. The van der Waals surface area contributed by atoms with E-state index < -0.39 is 29.7 Å². The number of carbonyl (C=O) groups excluding carboxylic acids is 1. The molecule has 3 fully saturated rings. The van der Waals surface area contributed by atoms with Gasteiger partial charge in [0.05, 0.1) is 29.7 Å². The minimum atomic E-state index is -2.92. The number of aromatic nitrogens is 3. The number of rotatable bonds is 7. The first-order valence-corrected chi connectivity index (χ1v) is 13.2. The summed E-state index contributed by atoms with van der Waals surface area (Å²) in [5, 5.41) is 21.5. The Bertz CT molecular complexity index is 1250. The minimum Gasteiger partial charge on any atom is -0.381 e. The summed E-state index contributed by atoms with van der Waals surface area (Å²) in [4.78, 5) is 22.9. The van der Waals surface area contributed by atoms with E-state index in [1.165, 1.54) is 24.9 Å². The molecule has 1 saturated carbocycles. The normalized spacial score (nSPS) is 20.2. The molecule has 0 radical (unpaired) electrons. The van der Waals surface area contributed by atoms with Crippen LogP contribution in [-0.2, 0) is 0 Å². The zero-order valence-electron chi connectivity index (χ0n) is 22.7. The number of carbonyl (C=O) groups is 1. The number of amidine groups is 1. The molecule has 1 aliphatic carbocycles. The van der Waals surface area contributed by atoms with Crippen molar-refractivity contribution >= 4 is 23.2 Å². The fraction of sp³-hybridized carbons (Fsp3) is 0.615. The second-order valence-corrected chi connectivity index (χ2v) is 11.8. The van der Waals surface area contributed by atoms with E-state index in [2.05, 4.69) is 30.7 Å². The molecule has 2 amide bonds. The Morgan fingerprint density at radius 2 is 1.90 bits per heavy atom. The van der Waals surface area contributed by atoms with Crippen LogP contribution in [0.2, 0.25) is 0 Å². The largest absolute Gasteiger partial charge is 0.381 e. The fourth-order valence-corrected chi connectivity index (χ4v) is 5.11. The number of amides is 2. The van der Waals surface area contributed by atoms with Crippen molar-refractivity contribution in [3.8, 4) is 11.4 Å². The number of anilines is 2. The van der Waals surface area contributed by atoms with Gasteiger partial charge in [0.1, 0.15) is 17.2 Å². The Morgan fingerprint density at radius 1 is 1.21 bits per heavy atom. The minimum absolute atomic E-state index is 0.00881. The summed E-state index contributed by atoms with van der Waals surface area (Å²) < 4.78 is 42.7.